The maximum atomic E-state index is 14.1. The monoisotopic (exact) mass is 266 g/mol. The molecule has 0 unspecified atom stereocenters. The van der Waals surface area contributed by atoms with Gasteiger partial charge in [0.15, 0.2) is 0 Å². The number of hydrogen-bond donors (Lipinski definition) is 1. The summed E-state index contributed by atoms with van der Waals surface area (Å²) in [6.07, 6.45) is 0.512. The summed E-state index contributed by atoms with van der Waals surface area (Å²) in [6, 6.07) is 4.94. The molecule has 19 heavy (non-hydrogen) atoms. The number of halogens is 1. The summed E-state index contributed by atoms with van der Waals surface area (Å²) in [5.74, 6) is -0.234. The highest BCUT2D eigenvalue weighted by atomic mass is 19.1. The van der Waals surface area contributed by atoms with Crippen LogP contribution in [0.3, 0.4) is 0 Å². The van der Waals surface area contributed by atoms with E-state index in [1.165, 1.54) is 6.07 Å². The molecule has 1 N–H and O–H groups in total. The fraction of sp³-hybridized carbons (Fsp3) is 0.600. The first-order valence-electron chi connectivity index (χ1n) is 7.07. The summed E-state index contributed by atoms with van der Waals surface area (Å²) in [6.45, 7) is 8.53. The Balaban J connectivity index is 2.15. The molecule has 1 heterocycles. The van der Waals surface area contributed by atoms with Crippen LogP contribution in [0.1, 0.15) is 31.9 Å². The van der Waals surface area contributed by atoms with Gasteiger partial charge in [-0.15, -0.1) is 0 Å². The van der Waals surface area contributed by atoms with Crippen molar-refractivity contribution in [2.75, 3.05) is 37.6 Å². The van der Waals surface area contributed by atoms with E-state index < -0.39 is 6.10 Å². The Hall–Kier alpha value is -1.13. The molecule has 2 rings (SSSR count). The van der Waals surface area contributed by atoms with Crippen LogP contribution >= 0.6 is 0 Å². The maximum absolute atomic E-state index is 14.1. The van der Waals surface area contributed by atoms with Crippen molar-refractivity contribution in [2.24, 2.45) is 0 Å². The van der Waals surface area contributed by atoms with Crippen LogP contribution in [0.15, 0.2) is 18.2 Å². The summed E-state index contributed by atoms with van der Waals surface area (Å²) in [7, 11) is 0. The summed E-state index contributed by atoms with van der Waals surface area (Å²) in [5.41, 5.74) is 1.26. The van der Waals surface area contributed by atoms with Crippen molar-refractivity contribution in [1.29, 1.82) is 0 Å². The number of para-hydroxylation sites is 1. The van der Waals surface area contributed by atoms with Crippen LogP contribution in [0, 0.1) is 5.82 Å². The van der Waals surface area contributed by atoms with Gasteiger partial charge in [-0.3, -0.25) is 4.90 Å². The lowest BCUT2D eigenvalue weighted by Gasteiger charge is -2.37. The predicted molar refractivity (Wildman–Crippen MR) is 76.0 cm³/mol. The van der Waals surface area contributed by atoms with Gasteiger partial charge in [0.05, 0.1) is 11.8 Å². The lowest BCUT2D eigenvalue weighted by Crippen LogP contribution is -2.47. The molecular weight excluding hydrogens is 243 g/mol. The molecule has 0 saturated carbocycles. The molecule has 0 aromatic heterocycles. The molecule has 0 spiro atoms. The molecule has 1 aromatic rings. The zero-order valence-electron chi connectivity index (χ0n) is 11.8. The van der Waals surface area contributed by atoms with Gasteiger partial charge in [-0.05, 0) is 26.0 Å². The molecular formula is C15H23FN2O. The lowest BCUT2D eigenvalue weighted by molar-refractivity contribution is 0.198. The maximum Gasteiger partial charge on any atom is 0.146 e. The molecule has 0 aliphatic carbocycles. The zero-order valence-corrected chi connectivity index (χ0v) is 11.8. The fourth-order valence-corrected chi connectivity index (χ4v) is 2.71. The van der Waals surface area contributed by atoms with E-state index in [9.17, 15) is 9.50 Å². The van der Waals surface area contributed by atoms with Crippen molar-refractivity contribution in [3.8, 4) is 0 Å². The number of anilines is 1. The number of aliphatic hydroxyl groups excluding tert-OH is 1. The van der Waals surface area contributed by atoms with Gasteiger partial charge in [-0.25, -0.2) is 4.39 Å². The largest absolute Gasteiger partial charge is 0.389 e. The van der Waals surface area contributed by atoms with Gasteiger partial charge in [0.1, 0.15) is 5.82 Å². The Labute approximate surface area is 114 Å². The molecule has 4 heteroatoms. The van der Waals surface area contributed by atoms with Crippen LogP contribution in [-0.2, 0) is 0 Å². The Kier molecular flexibility index (Phi) is 4.77. The highest BCUT2D eigenvalue weighted by Crippen LogP contribution is 2.30. The number of rotatable bonds is 4. The molecule has 1 aliphatic heterocycles. The van der Waals surface area contributed by atoms with Crippen LogP contribution in [-0.4, -0.2) is 42.7 Å². The second-order valence-electron chi connectivity index (χ2n) is 5.18. The lowest BCUT2D eigenvalue weighted by atomic mass is 10.1. The summed E-state index contributed by atoms with van der Waals surface area (Å²) >= 11 is 0. The SMILES string of the molecule is CCCN1CCN(c2c(F)cccc2[C@@H](C)O)CC1. The van der Waals surface area contributed by atoms with E-state index in [4.69, 9.17) is 0 Å². The number of hydrogen-bond acceptors (Lipinski definition) is 3. The smallest absolute Gasteiger partial charge is 0.146 e. The summed E-state index contributed by atoms with van der Waals surface area (Å²) < 4.78 is 14.1. The van der Waals surface area contributed by atoms with E-state index in [1.54, 1.807) is 13.0 Å². The van der Waals surface area contributed by atoms with Crippen molar-refractivity contribution in [2.45, 2.75) is 26.4 Å². The highest BCUT2D eigenvalue weighted by molar-refractivity contribution is 5.56. The van der Waals surface area contributed by atoms with E-state index in [-0.39, 0.29) is 5.82 Å². The Bertz CT molecular complexity index is 415. The van der Waals surface area contributed by atoms with Gasteiger partial charge in [0.2, 0.25) is 0 Å². The third-order valence-corrected chi connectivity index (χ3v) is 3.70. The zero-order chi connectivity index (χ0) is 13.8. The Morgan fingerprint density at radius 2 is 1.95 bits per heavy atom. The molecule has 1 aliphatic rings. The second kappa shape index (κ2) is 6.35. The number of nitrogens with zero attached hydrogens (tertiary/aromatic N) is 2. The molecule has 1 aromatic carbocycles. The topological polar surface area (TPSA) is 26.7 Å². The molecule has 0 bridgehead atoms. The van der Waals surface area contributed by atoms with Crippen molar-refractivity contribution >= 4 is 5.69 Å². The number of benzene rings is 1. The van der Waals surface area contributed by atoms with Crippen molar-refractivity contribution in [1.82, 2.24) is 4.90 Å². The molecule has 0 amide bonds. The van der Waals surface area contributed by atoms with E-state index in [2.05, 4.69) is 16.7 Å². The fourth-order valence-electron chi connectivity index (χ4n) is 2.71. The molecule has 106 valence electrons. The summed E-state index contributed by atoms with van der Waals surface area (Å²) in [4.78, 5) is 4.46. The molecule has 0 radical (unpaired) electrons. The summed E-state index contributed by atoms with van der Waals surface area (Å²) in [5, 5.41) is 9.79. The quantitative estimate of drug-likeness (QED) is 0.906. The predicted octanol–water partition coefficient (Wildman–Crippen LogP) is 2.41. The average molecular weight is 266 g/mol. The Morgan fingerprint density at radius 1 is 1.26 bits per heavy atom. The van der Waals surface area contributed by atoms with Gasteiger partial charge in [0, 0.05) is 31.7 Å². The third kappa shape index (κ3) is 3.25. The van der Waals surface area contributed by atoms with E-state index in [1.807, 2.05) is 6.07 Å². The van der Waals surface area contributed by atoms with E-state index >= 15 is 0 Å². The number of aliphatic hydroxyl groups is 1. The molecule has 1 atom stereocenters. The van der Waals surface area contributed by atoms with Gasteiger partial charge in [-0.2, -0.15) is 0 Å². The third-order valence-electron chi connectivity index (χ3n) is 3.70. The van der Waals surface area contributed by atoms with Crippen LogP contribution in [0.5, 0.6) is 0 Å². The van der Waals surface area contributed by atoms with Gasteiger partial charge in [-0.1, -0.05) is 19.1 Å². The second-order valence-corrected chi connectivity index (χ2v) is 5.18. The van der Waals surface area contributed by atoms with Crippen LogP contribution in [0.4, 0.5) is 10.1 Å². The van der Waals surface area contributed by atoms with Crippen LogP contribution in [0.2, 0.25) is 0 Å². The van der Waals surface area contributed by atoms with Crippen molar-refractivity contribution in [3.63, 3.8) is 0 Å². The molecule has 3 nitrogen and oxygen atoms in total. The first-order chi connectivity index (χ1) is 9.13. The van der Waals surface area contributed by atoms with Crippen LogP contribution < -0.4 is 4.90 Å². The van der Waals surface area contributed by atoms with Crippen molar-refractivity contribution in [3.05, 3.63) is 29.6 Å². The highest BCUT2D eigenvalue weighted by Gasteiger charge is 2.22. The normalized spacial score (nSPS) is 18.6. The van der Waals surface area contributed by atoms with Crippen molar-refractivity contribution < 1.29 is 9.50 Å². The van der Waals surface area contributed by atoms with Gasteiger partial charge < -0.3 is 10.0 Å². The number of piperazine rings is 1. The molecule has 1 fully saturated rings. The standard InChI is InChI=1S/C15H23FN2O/c1-3-7-17-8-10-18(11-9-17)15-13(12(2)19)5-4-6-14(15)16/h4-6,12,19H,3,7-11H2,1-2H3/t12-/m1/s1. The minimum atomic E-state index is -0.639. The van der Waals surface area contributed by atoms with E-state index in [0.29, 0.717) is 11.3 Å². The van der Waals surface area contributed by atoms with Gasteiger partial charge >= 0.3 is 0 Å². The van der Waals surface area contributed by atoms with E-state index in [0.717, 1.165) is 39.1 Å². The Morgan fingerprint density at radius 3 is 2.53 bits per heavy atom. The average Bonchev–Trinajstić information content (AvgIpc) is 2.40. The first-order valence-corrected chi connectivity index (χ1v) is 7.07. The van der Waals surface area contributed by atoms with Crippen LogP contribution in [0.25, 0.3) is 0 Å². The van der Waals surface area contributed by atoms with Gasteiger partial charge in [0.25, 0.3) is 0 Å². The minimum Gasteiger partial charge on any atom is -0.389 e. The first kappa shape index (κ1) is 14.3. The minimum absolute atomic E-state index is 0.234. The molecule has 1 saturated heterocycles.